The van der Waals surface area contributed by atoms with Crippen LogP contribution in [-0.2, 0) is 23.9 Å². The van der Waals surface area contributed by atoms with E-state index in [1.807, 2.05) is 0 Å². The predicted octanol–water partition coefficient (Wildman–Crippen LogP) is 2.79. The molecule has 6 nitrogen and oxygen atoms in total. The molecular weight excluding hydrogens is 300 g/mol. The second kappa shape index (κ2) is 8.89. The van der Waals surface area contributed by atoms with E-state index in [4.69, 9.17) is 14.6 Å². The van der Waals surface area contributed by atoms with Gasteiger partial charge in [0.05, 0.1) is 30.5 Å². The number of carbonyl (C=O) groups excluding carboxylic acids is 2. The number of esters is 2. The van der Waals surface area contributed by atoms with Gasteiger partial charge in [-0.05, 0) is 46.5 Å². The van der Waals surface area contributed by atoms with Gasteiger partial charge in [-0.15, -0.1) is 0 Å². The third kappa shape index (κ3) is 6.59. The lowest BCUT2D eigenvalue weighted by Crippen LogP contribution is -2.34. The van der Waals surface area contributed by atoms with Crippen LogP contribution in [0.1, 0.15) is 59.3 Å². The van der Waals surface area contributed by atoms with E-state index in [1.54, 1.807) is 20.8 Å². The summed E-state index contributed by atoms with van der Waals surface area (Å²) < 4.78 is 10.3. The summed E-state index contributed by atoms with van der Waals surface area (Å²) in [5, 5.41) is 9.16. The number of rotatable bonds is 7. The summed E-state index contributed by atoms with van der Waals surface area (Å²) in [5.41, 5.74) is -0.515. The molecule has 0 aromatic carbocycles. The smallest absolute Gasteiger partial charge is 0.311 e. The molecule has 2 atom stereocenters. The number of carboxylic acids is 1. The fraction of sp³-hybridized carbons (Fsp3) is 0.824. The van der Waals surface area contributed by atoms with E-state index in [1.165, 1.54) is 0 Å². The minimum absolute atomic E-state index is 0.231. The molecule has 0 amide bonds. The average Bonchev–Trinajstić information content (AvgIpc) is 2.49. The molecule has 1 N–H and O–H groups in total. The summed E-state index contributed by atoms with van der Waals surface area (Å²) >= 11 is 0. The van der Waals surface area contributed by atoms with Crippen molar-refractivity contribution in [1.29, 1.82) is 0 Å². The van der Waals surface area contributed by atoms with Crippen molar-refractivity contribution >= 4 is 17.9 Å². The minimum atomic E-state index is -0.916. The van der Waals surface area contributed by atoms with Crippen LogP contribution < -0.4 is 0 Å². The normalized spacial score (nSPS) is 21.5. The van der Waals surface area contributed by atoms with Crippen molar-refractivity contribution in [1.82, 2.24) is 0 Å². The lowest BCUT2D eigenvalue weighted by molar-refractivity contribution is -0.160. The lowest BCUT2D eigenvalue weighted by Gasteiger charge is -2.26. The molecular formula is C17H28O6. The predicted molar refractivity (Wildman–Crippen MR) is 83.7 cm³/mol. The standard InChI is InChI=1S/C17H28O6/c1-17(2,3)16(21)23-11-7-6-10-22-15(20)13-9-5-4-8-12(13)14(18)19/h12-13H,4-11H2,1-3H3,(H,18,19). The third-order valence-corrected chi connectivity index (χ3v) is 4.01. The topological polar surface area (TPSA) is 89.9 Å². The zero-order valence-corrected chi connectivity index (χ0v) is 14.3. The van der Waals surface area contributed by atoms with Crippen molar-refractivity contribution in [2.45, 2.75) is 59.3 Å². The summed E-state index contributed by atoms with van der Waals surface area (Å²) in [6, 6.07) is 0. The number of carboxylic acid groups (broad SMARTS) is 1. The van der Waals surface area contributed by atoms with Gasteiger partial charge >= 0.3 is 17.9 Å². The van der Waals surface area contributed by atoms with Crippen molar-refractivity contribution in [2.75, 3.05) is 13.2 Å². The van der Waals surface area contributed by atoms with Crippen LogP contribution in [0.3, 0.4) is 0 Å². The van der Waals surface area contributed by atoms with Gasteiger partial charge in [0.1, 0.15) is 0 Å². The van der Waals surface area contributed by atoms with E-state index in [0.29, 0.717) is 32.3 Å². The van der Waals surface area contributed by atoms with Crippen molar-refractivity contribution in [2.24, 2.45) is 17.3 Å². The molecule has 0 spiro atoms. The highest BCUT2D eigenvalue weighted by atomic mass is 16.5. The van der Waals surface area contributed by atoms with E-state index in [2.05, 4.69) is 0 Å². The molecule has 0 aromatic heterocycles. The number of carbonyl (C=O) groups is 3. The number of unbranched alkanes of at least 4 members (excludes halogenated alkanes) is 1. The Morgan fingerprint density at radius 2 is 1.48 bits per heavy atom. The summed E-state index contributed by atoms with van der Waals surface area (Å²) in [5.74, 6) is -2.73. The van der Waals surface area contributed by atoms with Gasteiger partial charge in [-0.3, -0.25) is 14.4 Å². The zero-order chi connectivity index (χ0) is 17.5. The highest BCUT2D eigenvalue weighted by Crippen LogP contribution is 2.31. The molecule has 1 aliphatic carbocycles. The summed E-state index contributed by atoms with van der Waals surface area (Å²) in [7, 11) is 0. The Balaban J connectivity index is 2.21. The highest BCUT2D eigenvalue weighted by molar-refractivity contribution is 5.81. The summed E-state index contributed by atoms with van der Waals surface area (Å²) in [4.78, 5) is 34.7. The second-order valence-electron chi connectivity index (χ2n) is 7.10. The molecule has 0 heterocycles. The molecule has 0 aliphatic heterocycles. The van der Waals surface area contributed by atoms with Gasteiger partial charge in [0, 0.05) is 0 Å². The first-order valence-electron chi connectivity index (χ1n) is 8.30. The van der Waals surface area contributed by atoms with Gasteiger partial charge in [0.25, 0.3) is 0 Å². The first kappa shape index (κ1) is 19.5. The number of hydrogen-bond donors (Lipinski definition) is 1. The first-order chi connectivity index (χ1) is 10.7. The maximum absolute atomic E-state index is 12.0. The SMILES string of the molecule is CC(C)(C)C(=O)OCCCCOC(=O)C1CCCCC1C(=O)O. The number of aliphatic carboxylic acids is 1. The van der Waals surface area contributed by atoms with Crippen LogP contribution in [0.4, 0.5) is 0 Å². The Bertz CT molecular complexity index is 423. The second-order valence-corrected chi connectivity index (χ2v) is 7.10. The molecule has 0 aromatic rings. The molecule has 23 heavy (non-hydrogen) atoms. The molecule has 132 valence electrons. The summed E-state index contributed by atoms with van der Waals surface area (Å²) in [6.45, 7) is 5.91. The molecule has 1 fully saturated rings. The van der Waals surface area contributed by atoms with E-state index >= 15 is 0 Å². The van der Waals surface area contributed by atoms with Gasteiger partial charge in [0.2, 0.25) is 0 Å². The molecule has 1 rings (SSSR count). The summed E-state index contributed by atoms with van der Waals surface area (Å²) in [6.07, 6.45) is 4.04. The highest BCUT2D eigenvalue weighted by Gasteiger charge is 2.36. The Morgan fingerprint density at radius 3 is 2.00 bits per heavy atom. The zero-order valence-electron chi connectivity index (χ0n) is 14.3. The van der Waals surface area contributed by atoms with Crippen LogP contribution in [0.25, 0.3) is 0 Å². The minimum Gasteiger partial charge on any atom is -0.481 e. The molecule has 1 saturated carbocycles. The molecule has 1 aliphatic rings. The van der Waals surface area contributed by atoms with E-state index in [9.17, 15) is 14.4 Å². The Labute approximate surface area is 137 Å². The fourth-order valence-electron chi connectivity index (χ4n) is 2.57. The van der Waals surface area contributed by atoms with Crippen LogP contribution in [0.5, 0.6) is 0 Å². The molecule has 0 radical (unpaired) electrons. The first-order valence-corrected chi connectivity index (χ1v) is 8.30. The average molecular weight is 328 g/mol. The molecule has 0 bridgehead atoms. The Hall–Kier alpha value is -1.59. The van der Waals surface area contributed by atoms with Crippen molar-refractivity contribution in [3.8, 4) is 0 Å². The monoisotopic (exact) mass is 328 g/mol. The van der Waals surface area contributed by atoms with Gasteiger partial charge in [-0.1, -0.05) is 12.8 Å². The van der Waals surface area contributed by atoms with E-state index < -0.39 is 29.2 Å². The number of ether oxygens (including phenoxy) is 2. The maximum Gasteiger partial charge on any atom is 0.311 e. The van der Waals surface area contributed by atoms with Crippen LogP contribution in [-0.4, -0.2) is 36.2 Å². The van der Waals surface area contributed by atoms with Crippen molar-refractivity contribution in [3.05, 3.63) is 0 Å². The largest absolute Gasteiger partial charge is 0.481 e. The lowest BCUT2D eigenvalue weighted by atomic mass is 9.79. The van der Waals surface area contributed by atoms with Crippen LogP contribution in [0.2, 0.25) is 0 Å². The van der Waals surface area contributed by atoms with Crippen LogP contribution >= 0.6 is 0 Å². The van der Waals surface area contributed by atoms with Gasteiger partial charge in [-0.2, -0.15) is 0 Å². The molecule has 2 unspecified atom stereocenters. The van der Waals surface area contributed by atoms with Crippen LogP contribution in [0.15, 0.2) is 0 Å². The molecule has 6 heteroatoms. The third-order valence-electron chi connectivity index (χ3n) is 4.01. The van der Waals surface area contributed by atoms with Gasteiger partial charge in [0.15, 0.2) is 0 Å². The Kier molecular flexibility index (Phi) is 7.52. The maximum atomic E-state index is 12.0. The van der Waals surface area contributed by atoms with E-state index in [0.717, 1.165) is 12.8 Å². The Morgan fingerprint density at radius 1 is 0.957 bits per heavy atom. The van der Waals surface area contributed by atoms with E-state index in [-0.39, 0.29) is 12.6 Å². The molecule has 0 saturated heterocycles. The van der Waals surface area contributed by atoms with Crippen molar-refractivity contribution < 1.29 is 29.0 Å². The number of hydrogen-bond acceptors (Lipinski definition) is 5. The van der Waals surface area contributed by atoms with Gasteiger partial charge in [-0.25, -0.2) is 0 Å². The van der Waals surface area contributed by atoms with Crippen molar-refractivity contribution in [3.63, 3.8) is 0 Å². The fourth-order valence-corrected chi connectivity index (χ4v) is 2.57. The quantitative estimate of drug-likeness (QED) is 0.571. The van der Waals surface area contributed by atoms with Crippen LogP contribution in [0, 0.1) is 17.3 Å². The van der Waals surface area contributed by atoms with Gasteiger partial charge < -0.3 is 14.6 Å².